The summed E-state index contributed by atoms with van der Waals surface area (Å²) in [6, 6.07) is 10.6. The van der Waals surface area contributed by atoms with Gasteiger partial charge in [-0.3, -0.25) is 4.79 Å². The Bertz CT molecular complexity index is 977. The maximum Gasteiger partial charge on any atom is 0.363 e. The zero-order valence-electron chi connectivity index (χ0n) is 14.9. The molecule has 0 amide bonds. The summed E-state index contributed by atoms with van der Waals surface area (Å²) in [7, 11) is 1.42. The van der Waals surface area contributed by atoms with E-state index in [1.165, 1.54) is 20.1 Å². The zero-order valence-corrected chi connectivity index (χ0v) is 15.7. The lowest BCUT2D eigenvalue weighted by Gasteiger charge is -2.10. The van der Waals surface area contributed by atoms with Crippen LogP contribution in [0.5, 0.6) is 11.5 Å². The number of hydrogen-bond donors (Lipinski definition) is 0. The molecule has 2 aromatic rings. The third kappa shape index (κ3) is 4.17. The number of nitrogens with zero attached hydrogens (tertiary/aromatic N) is 1. The van der Waals surface area contributed by atoms with E-state index in [2.05, 4.69) is 4.99 Å². The molecule has 0 saturated carbocycles. The third-order valence-electron chi connectivity index (χ3n) is 3.72. The van der Waals surface area contributed by atoms with Crippen LogP contribution in [-0.2, 0) is 14.3 Å². The van der Waals surface area contributed by atoms with Crippen LogP contribution in [0.25, 0.3) is 6.08 Å². The Morgan fingerprint density at radius 1 is 1.22 bits per heavy atom. The molecule has 138 valence electrons. The molecule has 3 rings (SSSR count). The van der Waals surface area contributed by atoms with Crippen LogP contribution < -0.4 is 9.47 Å². The van der Waals surface area contributed by atoms with Gasteiger partial charge in [0.25, 0.3) is 0 Å². The summed E-state index contributed by atoms with van der Waals surface area (Å²) in [5.74, 6) is -0.469. The number of cyclic esters (lactones) is 1. The summed E-state index contributed by atoms with van der Waals surface area (Å²) in [5.41, 5.74) is 2.48. The Labute approximate surface area is 161 Å². The highest BCUT2D eigenvalue weighted by Crippen LogP contribution is 2.37. The van der Waals surface area contributed by atoms with Crippen molar-refractivity contribution in [2.45, 2.75) is 13.8 Å². The smallest absolute Gasteiger partial charge is 0.363 e. The van der Waals surface area contributed by atoms with Gasteiger partial charge in [-0.1, -0.05) is 29.3 Å². The fraction of sp³-hybridized carbons (Fsp3) is 0.150. The van der Waals surface area contributed by atoms with Crippen LogP contribution in [0.1, 0.15) is 23.6 Å². The van der Waals surface area contributed by atoms with Crippen molar-refractivity contribution in [1.29, 1.82) is 0 Å². The van der Waals surface area contributed by atoms with Gasteiger partial charge in [0.15, 0.2) is 17.2 Å². The van der Waals surface area contributed by atoms with E-state index in [1.54, 1.807) is 12.1 Å². The first-order valence-corrected chi connectivity index (χ1v) is 8.40. The third-order valence-corrected chi connectivity index (χ3v) is 4.00. The molecule has 0 bridgehead atoms. The van der Waals surface area contributed by atoms with Gasteiger partial charge in [-0.15, -0.1) is 0 Å². The van der Waals surface area contributed by atoms with Crippen LogP contribution in [-0.4, -0.2) is 24.9 Å². The SMILES string of the molecule is COc1cc(/C=C2\N=C(c3ccc(C)cc3)OC2=O)cc(Cl)c1OC(C)=O. The van der Waals surface area contributed by atoms with E-state index >= 15 is 0 Å². The topological polar surface area (TPSA) is 74.2 Å². The van der Waals surface area contributed by atoms with Crippen molar-refractivity contribution in [3.8, 4) is 11.5 Å². The second-order valence-corrected chi connectivity index (χ2v) is 6.24. The first-order chi connectivity index (χ1) is 12.9. The number of halogens is 1. The van der Waals surface area contributed by atoms with E-state index in [0.717, 1.165) is 5.56 Å². The van der Waals surface area contributed by atoms with Crippen molar-refractivity contribution in [2.75, 3.05) is 7.11 Å². The van der Waals surface area contributed by atoms with Crippen molar-refractivity contribution >= 4 is 35.5 Å². The Balaban J connectivity index is 1.96. The predicted octanol–water partition coefficient (Wildman–Crippen LogP) is 3.93. The van der Waals surface area contributed by atoms with Gasteiger partial charge in [-0.2, -0.15) is 0 Å². The van der Waals surface area contributed by atoms with Crippen LogP contribution in [0, 0.1) is 6.92 Å². The number of hydrogen-bond acceptors (Lipinski definition) is 6. The fourth-order valence-corrected chi connectivity index (χ4v) is 2.71. The normalized spacial score (nSPS) is 14.7. The maximum atomic E-state index is 12.1. The highest BCUT2D eigenvalue weighted by atomic mass is 35.5. The van der Waals surface area contributed by atoms with E-state index in [0.29, 0.717) is 11.1 Å². The molecule has 1 heterocycles. The predicted molar refractivity (Wildman–Crippen MR) is 101 cm³/mol. The molecule has 0 fully saturated rings. The number of benzene rings is 2. The molecule has 27 heavy (non-hydrogen) atoms. The lowest BCUT2D eigenvalue weighted by Crippen LogP contribution is -2.05. The highest BCUT2D eigenvalue weighted by molar-refractivity contribution is 6.32. The summed E-state index contributed by atoms with van der Waals surface area (Å²) in [4.78, 5) is 27.6. The highest BCUT2D eigenvalue weighted by Gasteiger charge is 2.24. The largest absolute Gasteiger partial charge is 0.493 e. The molecule has 6 nitrogen and oxygen atoms in total. The Morgan fingerprint density at radius 3 is 2.56 bits per heavy atom. The molecule has 1 aliphatic heterocycles. The number of carbonyl (C=O) groups is 2. The van der Waals surface area contributed by atoms with Crippen molar-refractivity contribution in [1.82, 2.24) is 0 Å². The summed E-state index contributed by atoms with van der Waals surface area (Å²) >= 11 is 6.18. The van der Waals surface area contributed by atoms with Gasteiger partial charge in [-0.05, 0) is 42.8 Å². The standard InChI is InChI=1S/C20H16ClNO5/c1-11-4-6-14(7-5-11)19-22-16(20(24)27-19)9-13-8-15(21)18(26-12(2)23)17(10-13)25-3/h4-10H,1-3H3/b16-9-. The second-order valence-electron chi connectivity index (χ2n) is 5.83. The Morgan fingerprint density at radius 2 is 1.93 bits per heavy atom. The van der Waals surface area contributed by atoms with Gasteiger partial charge < -0.3 is 14.2 Å². The van der Waals surface area contributed by atoms with Gasteiger partial charge in [0.05, 0.1) is 12.1 Å². The number of methoxy groups -OCH3 is 1. The minimum absolute atomic E-state index is 0.117. The van der Waals surface area contributed by atoms with Crippen LogP contribution >= 0.6 is 11.6 Å². The van der Waals surface area contributed by atoms with Gasteiger partial charge in [0, 0.05) is 12.5 Å². The van der Waals surface area contributed by atoms with Crippen molar-refractivity contribution in [3.63, 3.8) is 0 Å². The Kier molecular flexibility index (Phi) is 5.28. The van der Waals surface area contributed by atoms with Crippen LogP contribution in [0.2, 0.25) is 5.02 Å². The van der Waals surface area contributed by atoms with Crippen LogP contribution in [0.15, 0.2) is 47.1 Å². The van der Waals surface area contributed by atoms with E-state index in [9.17, 15) is 9.59 Å². The number of rotatable bonds is 4. The number of ether oxygens (including phenoxy) is 3. The molecule has 1 aliphatic rings. The van der Waals surface area contributed by atoms with E-state index in [1.807, 2.05) is 31.2 Å². The molecule has 2 aromatic carbocycles. The number of carbonyl (C=O) groups excluding carboxylic acids is 2. The summed E-state index contributed by atoms with van der Waals surface area (Å²) in [6.07, 6.45) is 1.52. The van der Waals surface area contributed by atoms with Gasteiger partial charge >= 0.3 is 11.9 Å². The van der Waals surface area contributed by atoms with Crippen LogP contribution in [0.3, 0.4) is 0 Å². The molecule has 0 spiro atoms. The number of aliphatic imine (C=N–C) groups is 1. The first kappa shape index (κ1) is 18.7. The zero-order chi connectivity index (χ0) is 19.6. The first-order valence-electron chi connectivity index (χ1n) is 8.03. The summed E-state index contributed by atoms with van der Waals surface area (Å²) in [5, 5.41) is 0.172. The van der Waals surface area contributed by atoms with Crippen LogP contribution in [0.4, 0.5) is 0 Å². The molecule has 0 radical (unpaired) electrons. The number of esters is 2. The minimum atomic E-state index is -0.565. The quantitative estimate of drug-likeness (QED) is 0.453. The molecule has 0 unspecified atom stereocenters. The maximum absolute atomic E-state index is 12.1. The fourth-order valence-electron chi connectivity index (χ4n) is 2.45. The van der Waals surface area contributed by atoms with Crippen molar-refractivity contribution < 1.29 is 23.8 Å². The molecule has 7 heteroatoms. The molecule has 0 aliphatic carbocycles. The second kappa shape index (κ2) is 7.63. The number of aryl methyl sites for hydroxylation is 1. The molecular formula is C20H16ClNO5. The van der Waals surface area contributed by atoms with Gasteiger partial charge in [0.2, 0.25) is 5.90 Å². The molecule has 0 atom stereocenters. The van der Waals surface area contributed by atoms with Gasteiger partial charge in [-0.25, -0.2) is 9.79 Å². The van der Waals surface area contributed by atoms with Gasteiger partial charge in [0.1, 0.15) is 0 Å². The van der Waals surface area contributed by atoms with E-state index in [4.69, 9.17) is 25.8 Å². The molecule has 0 aromatic heterocycles. The lowest BCUT2D eigenvalue weighted by atomic mass is 10.1. The summed E-state index contributed by atoms with van der Waals surface area (Å²) in [6.45, 7) is 3.23. The Hall–Kier alpha value is -3.12. The summed E-state index contributed by atoms with van der Waals surface area (Å²) < 4.78 is 15.5. The lowest BCUT2D eigenvalue weighted by molar-refractivity contribution is -0.132. The average molecular weight is 386 g/mol. The van der Waals surface area contributed by atoms with E-state index in [-0.39, 0.29) is 28.1 Å². The molecular weight excluding hydrogens is 370 g/mol. The molecule has 0 N–H and O–H groups in total. The van der Waals surface area contributed by atoms with Crippen molar-refractivity contribution in [2.24, 2.45) is 4.99 Å². The van der Waals surface area contributed by atoms with Crippen molar-refractivity contribution in [3.05, 3.63) is 63.8 Å². The average Bonchev–Trinajstić information content (AvgIpc) is 2.98. The van der Waals surface area contributed by atoms with E-state index < -0.39 is 11.9 Å². The monoisotopic (exact) mass is 385 g/mol. The minimum Gasteiger partial charge on any atom is -0.493 e. The molecule has 0 saturated heterocycles.